The van der Waals surface area contributed by atoms with Gasteiger partial charge in [0.25, 0.3) is 0 Å². The summed E-state index contributed by atoms with van der Waals surface area (Å²) in [6, 6.07) is 1.97. The highest BCUT2D eigenvalue weighted by Crippen LogP contribution is 2.19. The van der Waals surface area contributed by atoms with Gasteiger partial charge in [-0.1, -0.05) is 13.8 Å². The van der Waals surface area contributed by atoms with Gasteiger partial charge in [-0.2, -0.15) is 0 Å². The van der Waals surface area contributed by atoms with Crippen molar-refractivity contribution >= 4 is 0 Å². The van der Waals surface area contributed by atoms with E-state index >= 15 is 0 Å². The van der Waals surface area contributed by atoms with Crippen molar-refractivity contribution in [3.63, 3.8) is 0 Å². The fraction of sp³-hybridized carbons (Fsp3) is 0.500. The molecule has 2 heterocycles. The Balaban J connectivity index is 2.36. The van der Waals surface area contributed by atoms with Gasteiger partial charge < -0.3 is 9.88 Å². The second-order valence-electron chi connectivity index (χ2n) is 4.50. The van der Waals surface area contributed by atoms with E-state index in [2.05, 4.69) is 38.7 Å². The van der Waals surface area contributed by atoms with Crippen molar-refractivity contribution in [3.05, 3.63) is 42.0 Å². The maximum absolute atomic E-state index is 4.52. The minimum atomic E-state index is 0.0215. The van der Waals surface area contributed by atoms with Gasteiger partial charge in [-0.3, -0.25) is 0 Å². The van der Waals surface area contributed by atoms with Gasteiger partial charge in [-0.15, -0.1) is 0 Å². The second kappa shape index (κ2) is 6.43. The molecule has 5 nitrogen and oxygen atoms in total. The number of aromatic nitrogens is 4. The molecule has 0 saturated heterocycles. The molecule has 0 amide bonds. The molecule has 19 heavy (non-hydrogen) atoms. The number of hydrogen-bond acceptors (Lipinski definition) is 4. The molecule has 0 fully saturated rings. The maximum atomic E-state index is 4.52. The van der Waals surface area contributed by atoms with E-state index in [9.17, 15) is 0 Å². The van der Waals surface area contributed by atoms with E-state index in [0.29, 0.717) is 0 Å². The van der Waals surface area contributed by atoms with E-state index in [4.69, 9.17) is 0 Å². The first-order valence-electron chi connectivity index (χ1n) is 6.80. The molecule has 0 radical (unpaired) electrons. The molecule has 0 spiro atoms. The monoisotopic (exact) mass is 259 g/mol. The number of rotatable bonds is 6. The summed E-state index contributed by atoms with van der Waals surface area (Å²) in [5.41, 5.74) is 0.970. The molecule has 102 valence electrons. The third kappa shape index (κ3) is 3.17. The zero-order valence-corrected chi connectivity index (χ0v) is 11.8. The van der Waals surface area contributed by atoms with E-state index in [-0.39, 0.29) is 6.04 Å². The van der Waals surface area contributed by atoms with Crippen LogP contribution in [0.1, 0.15) is 43.7 Å². The number of aryl methyl sites for hydroxylation is 2. The molecular formula is C14H21N5. The van der Waals surface area contributed by atoms with Crippen LogP contribution in [0.5, 0.6) is 0 Å². The van der Waals surface area contributed by atoms with E-state index in [0.717, 1.165) is 36.9 Å². The summed E-state index contributed by atoms with van der Waals surface area (Å²) in [4.78, 5) is 13.2. The van der Waals surface area contributed by atoms with Crippen molar-refractivity contribution in [2.45, 2.75) is 39.8 Å². The summed E-state index contributed by atoms with van der Waals surface area (Å²) in [7, 11) is 0. The zero-order valence-electron chi connectivity index (χ0n) is 11.8. The molecule has 0 saturated carbocycles. The first-order valence-corrected chi connectivity index (χ1v) is 6.80. The number of nitrogens with one attached hydrogen (secondary N) is 1. The van der Waals surface area contributed by atoms with Gasteiger partial charge in [0.15, 0.2) is 0 Å². The van der Waals surface area contributed by atoms with Crippen LogP contribution in [-0.2, 0) is 6.54 Å². The molecule has 0 bridgehead atoms. The molecular weight excluding hydrogens is 238 g/mol. The molecule has 2 rings (SSSR count). The predicted molar refractivity (Wildman–Crippen MR) is 74.8 cm³/mol. The van der Waals surface area contributed by atoms with Crippen molar-refractivity contribution in [2.24, 2.45) is 0 Å². The highest BCUT2D eigenvalue weighted by atomic mass is 15.1. The van der Waals surface area contributed by atoms with E-state index in [1.165, 1.54) is 0 Å². The van der Waals surface area contributed by atoms with E-state index in [1.807, 2.05) is 25.4 Å². The Morgan fingerprint density at radius 1 is 1.26 bits per heavy atom. The Kier molecular flexibility index (Phi) is 4.63. The number of nitrogens with zero attached hydrogens (tertiary/aromatic N) is 4. The lowest BCUT2D eigenvalue weighted by atomic mass is 10.1. The van der Waals surface area contributed by atoms with Crippen LogP contribution >= 0.6 is 0 Å². The molecule has 0 aromatic carbocycles. The van der Waals surface area contributed by atoms with Crippen molar-refractivity contribution in [1.29, 1.82) is 0 Å². The zero-order chi connectivity index (χ0) is 13.7. The first-order chi connectivity index (χ1) is 9.26. The van der Waals surface area contributed by atoms with E-state index in [1.54, 1.807) is 6.20 Å². The lowest BCUT2D eigenvalue weighted by molar-refractivity contribution is 0.533. The van der Waals surface area contributed by atoms with Crippen LogP contribution in [0.2, 0.25) is 0 Å². The van der Waals surface area contributed by atoms with Crippen LogP contribution in [0.3, 0.4) is 0 Å². The second-order valence-corrected chi connectivity index (χ2v) is 4.50. The molecule has 0 aliphatic carbocycles. The highest BCUT2D eigenvalue weighted by molar-refractivity contribution is 5.17. The normalized spacial score (nSPS) is 12.6. The average molecular weight is 259 g/mol. The SMILES string of the molecule is CCCn1ccnc1C(NCC)c1ccnc(C)n1. The summed E-state index contributed by atoms with van der Waals surface area (Å²) >= 11 is 0. The van der Waals surface area contributed by atoms with Gasteiger partial charge in [-0.25, -0.2) is 15.0 Å². The van der Waals surface area contributed by atoms with Gasteiger partial charge >= 0.3 is 0 Å². The van der Waals surface area contributed by atoms with Crippen molar-refractivity contribution in [2.75, 3.05) is 6.54 Å². The average Bonchev–Trinajstić information content (AvgIpc) is 2.84. The van der Waals surface area contributed by atoms with Crippen molar-refractivity contribution < 1.29 is 0 Å². The van der Waals surface area contributed by atoms with Crippen LogP contribution < -0.4 is 5.32 Å². The fourth-order valence-electron chi connectivity index (χ4n) is 2.18. The smallest absolute Gasteiger partial charge is 0.132 e. The molecule has 1 unspecified atom stereocenters. The summed E-state index contributed by atoms with van der Waals surface area (Å²) in [6.07, 6.45) is 6.76. The molecule has 0 aliphatic heterocycles. The quantitative estimate of drug-likeness (QED) is 0.863. The van der Waals surface area contributed by atoms with Crippen molar-refractivity contribution in [3.8, 4) is 0 Å². The van der Waals surface area contributed by atoms with Crippen LogP contribution in [0.4, 0.5) is 0 Å². The molecule has 1 atom stereocenters. The molecule has 2 aromatic rings. The van der Waals surface area contributed by atoms with Crippen LogP contribution in [0.25, 0.3) is 0 Å². The molecule has 1 N–H and O–H groups in total. The molecule has 2 aromatic heterocycles. The Morgan fingerprint density at radius 2 is 2.11 bits per heavy atom. The largest absolute Gasteiger partial charge is 0.333 e. The predicted octanol–water partition coefficient (Wildman–Crippen LogP) is 2.09. The lowest BCUT2D eigenvalue weighted by Crippen LogP contribution is -2.26. The Hall–Kier alpha value is -1.75. The Labute approximate surface area is 114 Å². The maximum Gasteiger partial charge on any atom is 0.132 e. The van der Waals surface area contributed by atoms with Gasteiger partial charge in [0, 0.05) is 25.1 Å². The lowest BCUT2D eigenvalue weighted by Gasteiger charge is -2.18. The Morgan fingerprint density at radius 3 is 2.79 bits per heavy atom. The third-order valence-electron chi connectivity index (χ3n) is 2.97. The summed E-state index contributed by atoms with van der Waals surface area (Å²) < 4.78 is 2.19. The topological polar surface area (TPSA) is 55.6 Å². The third-order valence-corrected chi connectivity index (χ3v) is 2.97. The van der Waals surface area contributed by atoms with Crippen LogP contribution in [-0.4, -0.2) is 26.1 Å². The Bertz CT molecular complexity index is 520. The summed E-state index contributed by atoms with van der Waals surface area (Å²) in [5, 5.41) is 3.45. The van der Waals surface area contributed by atoms with Crippen LogP contribution in [0.15, 0.2) is 24.7 Å². The number of hydrogen-bond donors (Lipinski definition) is 1. The van der Waals surface area contributed by atoms with Gasteiger partial charge in [-0.05, 0) is 26.0 Å². The van der Waals surface area contributed by atoms with Crippen molar-refractivity contribution in [1.82, 2.24) is 24.8 Å². The van der Waals surface area contributed by atoms with E-state index < -0.39 is 0 Å². The summed E-state index contributed by atoms with van der Waals surface area (Å²) in [6.45, 7) is 8.01. The summed E-state index contributed by atoms with van der Waals surface area (Å²) in [5.74, 6) is 1.80. The minimum absolute atomic E-state index is 0.0215. The van der Waals surface area contributed by atoms with Gasteiger partial charge in [0.1, 0.15) is 17.7 Å². The van der Waals surface area contributed by atoms with Gasteiger partial charge in [0.05, 0.1) is 5.69 Å². The van der Waals surface area contributed by atoms with Gasteiger partial charge in [0.2, 0.25) is 0 Å². The fourth-order valence-corrected chi connectivity index (χ4v) is 2.18. The number of imidazole rings is 1. The molecule has 5 heteroatoms. The highest BCUT2D eigenvalue weighted by Gasteiger charge is 2.19. The minimum Gasteiger partial charge on any atom is -0.333 e. The molecule has 0 aliphatic rings. The standard InChI is InChI=1S/C14H21N5/c1-4-9-19-10-8-17-14(19)13(15-5-2)12-6-7-16-11(3)18-12/h6-8,10,13,15H,4-5,9H2,1-3H3. The van der Waals surface area contributed by atoms with Crippen LogP contribution in [0, 0.1) is 6.92 Å². The first kappa shape index (κ1) is 13.7.